The number of aliphatic hydroxyl groups excluding tert-OH is 1. The Bertz CT molecular complexity index is 411. The van der Waals surface area contributed by atoms with Crippen molar-refractivity contribution in [2.75, 3.05) is 6.61 Å². The maximum atomic E-state index is 11.5. The van der Waals surface area contributed by atoms with E-state index in [4.69, 9.17) is 0 Å². The Balaban J connectivity index is 2.77. The Morgan fingerprint density at radius 3 is 2.81 bits per heavy atom. The topological polar surface area (TPSA) is 76.5 Å². The molecule has 1 rings (SSSR count). The summed E-state index contributed by atoms with van der Waals surface area (Å²) in [5.74, 6) is -2.20. The molecular formula is C11H11NO4. The van der Waals surface area contributed by atoms with Crippen LogP contribution in [0.15, 0.2) is 36.2 Å². The summed E-state index contributed by atoms with van der Waals surface area (Å²) < 4.78 is 4.51. The highest BCUT2D eigenvalue weighted by atomic mass is 16.5. The largest absolute Gasteiger partial charge is 0.502 e. The fourth-order valence-electron chi connectivity index (χ4n) is 0.971. The first-order chi connectivity index (χ1) is 7.65. The van der Waals surface area contributed by atoms with Crippen molar-refractivity contribution in [2.45, 2.75) is 6.92 Å². The van der Waals surface area contributed by atoms with Crippen molar-refractivity contribution in [2.24, 2.45) is 0 Å². The number of esters is 1. The highest BCUT2D eigenvalue weighted by Crippen LogP contribution is 2.00. The van der Waals surface area contributed by atoms with Gasteiger partial charge in [-0.05, 0) is 19.1 Å². The summed E-state index contributed by atoms with van der Waals surface area (Å²) in [6, 6.07) is 4.78. The number of aliphatic hydroxyl groups is 1. The number of nitrogens with zero attached hydrogens (tertiary/aromatic N) is 1. The van der Waals surface area contributed by atoms with E-state index < -0.39 is 17.5 Å². The van der Waals surface area contributed by atoms with Gasteiger partial charge in [-0.3, -0.25) is 9.78 Å². The third-order valence-electron chi connectivity index (χ3n) is 1.67. The molecule has 5 nitrogen and oxygen atoms in total. The maximum Gasteiger partial charge on any atom is 0.373 e. The molecule has 0 saturated carbocycles. The van der Waals surface area contributed by atoms with Crippen LogP contribution in [-0.2, 0) is 9.53 Å². The summed E-state index contributed by atoms with van der Waals surface area (Å²) in [6.45, 7) is 1.74. The molecule has 1 N–H and O–H groups in total. The highest BCUT2D eigenvalue weighted by Gasteiger charge is 2.12. The Kier molecular flexibility index (Phi) is 4.20. The van der Waals surface area contributed by atoms with Crippen molar-refractivity contribution in [3.8, 4) is 0 Å². The summed E-state index contributed by atoms with van der Waals surface area (Å²) in [4.78, 5) is 26.2. The number of hydrogen-bond acceptors (Lipinski definition) is 5. The first-order valence-corrected chi connectivity index (χ1v) is 4.68. The molecule has 0 amide bonds. The summed E-state index contributed by atoms with van der Waals surface area (Å²) >= 11 is 0. The van der Waals surface area contributed by atoms with Crippen LogP contribution in [0, 0.1) is 0 Å². The van der Waals surface area contributed by atoms with Crippen molar-refractivity contribution in [3.63, 3.8) is 0 Å². The number of ketones is 1. The van der Waals surface area contributed by atoms with Crippen molar-refractivity contribution < 1.29 is 19.4 Å². The van der Waals surface area contributed by atoms with Crippen LogP contribution in [0.5, 0.6) is 0 Å². The number of ether oxygens (including phenoxy) is 1. The molecule has 0 saturated heterocycles. The van der Waals surface area contributed by atoms with E-state index in [1.807, 2.05) is 0 Å². The van der Waals surface area contributed by atoms with Gasteiger partial charge in [0, 0.05) is 12.3 Å². The van der Waals surface area contributed by atoms with E-state index in [1.165, 1.54) is 12.3 Å². The zero-order valence-corrected chi connectivity index (χ0v) is 8.71. The number of rotatable bonds is 4. The number of carbonyl (C=O) groups is 2. The molecule has 0 radical (unpaired) electrons. The molecule has 1 aromatic heterocycles. The van der Waals surface area contributed by atoms with Crippen LogP contribution in [0.1, 0.15) is 17.4 Å². The maximum absolute atomic E-state index is 11.5. The molecule has 0 aliphatic carbocycles. The molecule has 0 atom stereocenters. The number of hydrogen-bond donors (Lipinski definition) is 1. The van der Waals surface area contributed by atoms with Crippen LogP contribution in [-0.4, -0.2) is 28.4 Å². The zero-order valence-electron chi connectivity index (χ0n) is 8.71. The second kappa shape index (κ2) is 5.65. The lowest BCUT2D eigenvalue weighted by Crippen LogP contribution is -2.09. The monoisotopic (exact) mass is 221 g/mol. The summed E-state index contributed by atoms with van der Waals surface area (Å²) in [5, 5.41) is 9.22. The molecule has 0 spiro atoms. The Hall–Kier alpha value is -2.17. The number of pyridine rings is 1. The van der Waals surface area contributed by atoms with Crippen LogP contribution < -0.4 is 0 Å². The van der Waals surface area contributed by atoms with E-state index in [2.05, 4.69) is 9.72 Å². The summed E-state index contributed by atoms with van der Waals surface area (Å²) in [7, 11) is 0. The molecule has 1 aromatic rings. The van der Waals surface area contributed by atoms with E-state index in [0.29, 0.717) is 0 Å². The number of aromatic nitrogens is 1. The fraction of sp³-hybridized carbons (Fsp3) is 0.182. The lowest BCUT2D eigenvalue weighted by atomic mass is 10.2. The predicted octanol–water partition coefficient (Wildman–Crippen LogP) is 1.27. The van der Waals surface area contributed by atoms with Crippen molar-refractivity contribution in [1.29, 1.82) is 0 Å². The molecule has 0 fully saturated rings. The average Bonchev–Trinajstić information content (AvgIpc) is 2.30. The molecule has 1 heterocycles. The smallest absolute Gasteiger partial charge is 0.373 e. The van der Waals surface area contributed by atoms with Gasteiger partial charge in [-0.2, -0.15) is 0 Å². The molecule has 0 aliphatic heterocycles. The number of carbonyl (C=O) groups excluding carboxylic acids is 2. The van der Waals surface area contributed by atoms with Gasteiger partial charge < -0.3 is 9.84 Å². The van der Waals surface area contributed by atoms with Gasteiger partial charge in [0.05, 0.1) is 6.61 Å². The highest BCUT2D eigenvalue weighted by molar-refractivity contribution is 6.06. The van der Waals surface area contributed by atoms with E-state index >= 15 is 0 Å². The molecule has 5 heteroatoms. The third kappa shape index (κ3) is 3.20. The lowest BCUT2D eigenvalue weighted by Gasteiger charge is -1.99. The SMILES string of the molecule is CCOC(=O)/C(O)=C/C(=O)c1ccccn1. The van der Waals surface area contributed by atoms with Gasteiger partial charge in [-0.25, -0.2) is 4.79 Å². The van der Waals surface area contributed by atoms with Gasteiger partial charge >= 0.3 is 5.97 Å². The van der Waals surface area contributed by atoms with Crippen molar-refractivity contribution in [3.05, 3.63) is 41.9 Å². The Labute approximate surface area is 92.4 Å². The van der Waals surface area contributed by atoms with E-state index in [-0.39, 0.29) is 12.3 Å². The third-order valence-corrected chi connectivity index (χ3v) is 1.67. The first-order valence-electron chi connectivity index (χ1n) is 4.68. The van der Waals surface area contributed by atoms with Crippen LogP contribution in [0.25, 0.3) is 0 Å². The minimum atomic E-state index is -0.924. The molecule has 16 heavy (non-hydrogen) atoms. The minimum absolute atomic E-state index is 0.133. The van der Waals surface area contributed by atoms with E-state index in [0.717, 1.165) is 6.08 Å². The van der Waals surface area contributed by atoms with Gasteiger partial charge in [0.15, 0.2) is 0 Å². The first kappa shape index (κ1) is 11.9. The lowest BCUT2D eigenvalue weighted by molar-refractivity contribution is -0.141. The van der Waals surface area contributed by atoms with Gasteiger partial charge in [0.25, 0.3) is 0 Å². The summed E-state index contributed by atoms with van der Waals surface area (Å²) in [6.07, 6.45) is 2.24. The zero-order chi connectivity index (χ0) is 12.0. The van der Waals surface area contributed by atoms with Crippen LogP contribution in [0.4, 0.5) is 0 Å². The minimum Gasteiger partial charge on any atom is -0.502 e. The number of allylic oxidation sites excluding steroid dienone is 1. The second-order valence-electron chi connectivity index (χ2n) is 2.83. The average molecular weight is 221 g/mol. The molecule has 0 unspecified atom stereocenters. The Morgan fingerprint density at radius 2 is 2.25 bits per heavy atom. The standard InChI is InChI=1S/C11H11NO4/c1-2-16-11(15)10(14)7-9(13)8-5-3-4-6-12-8/h3-7,14H,2H2,1H3/b10-7-. The van der Waals surface area contributed by atoms with E-state index in [1.54, 1.807) is 19.1 Å². The molecule has 0 bridgehead atoms. The van der Waals surface area contributed by atoms with Gasteiger partial charge in [0.1, 0.15) is 5.69 Å². The molecule has 0 aliphatic rings. The molecule has 84 valence electrons. The van der Waals surface area contributed by atoms with Crippen molar-refractivity contribution >= 4 is 11.8 Å². The van der Waals surface area contributed by atoms with Crippen LogP contribution in [0.3, 0.4) is 0 Å². The van der Waals surface area contributed by atoms with Gasteiger partial charge in [-0.15, -0.1) is 0 Å². The summed E-state index contributed by atoms with van der Waals surface area (Å²) in [5.41, 5.74) is 0.151. The molecule has 0 aromatic carbocycles. The second-order valence-corrected chi connectivity index (χ2v) is 2.83. The quantitative estimate of drug-likeness (QED) is 0.358. The fourth-order valence-corrected chi connectivity index (χ4v) is 0.971. The van der Waals surface area contributed by atoms with Crippen molar-refractivity contribution in [1.82, 2.24) is 4.98 Å². The van der Waals surface area contributed by atoms with Gasteiger partial charge in [-0.1, -0.05) is 6.07 Å². The van der Waals surface area contributed by atoms with Crippen LogP contribution >= 0.6 is 0 Å². The Morgan fingerprint density at radius 1 is 1.50 bits per heavy atom. The van der Waals surface area contributed by atoms with Crippen LogP contribution in [0.2, 0.25) is 0 Å². The molecular weight excluding hydrogens is 210 g/mol. The predicted molar refractivity (Wildman–Crippen MR) is 55.9 cm³/mol. The van der Waals surface area contributed by atoms with Gasteiger partial charge in [0.2, 0.25) is 11.5 Å². The van der Waals surface area contributed by atoms with E-state index in [9.17, 15) is 14.7 Å². The normalized spacial score (nSPS) is 10.9.